The molecule has 0 spiro atoms. The monoisotopic (exact) mass is 276 g/mol. The quantitative estimate of drug-likeness (QED) is 0.840. The summed E-state index contributed by atoms with van der Waals surface area (Å²) in [5.74, 6) is -0.288. The Labute approximate surface area is 121 Å². The van der Waals surface area contributed by atoms with Gasteiger partial charge in [0.05, 0.1) is 12.7 Å². The number of carbonyl (C=O) groups excluding carboxylic acids is 1. The van der Waals surface area contributed by atoms with Crippen LogP contribution in [0.1, 0.15) is 36.5 Å². The predicted octanol–water partition coefficient (Wildman–Crippen LogP) is 2.76. The van der Waals surface area contributed by atoms with E-state index in [1.54, 1.807) is 12.1 Å². The molecule has 4 heteroatoms. The summed E-state index contributed by atoms with van der Waals surface area (Å²) in [6, 6.07) is 8.04. The Hall–Kier alpha value is -1.55. The van der Waals surface area contributed by atoms with Crippen LogP contribution in [0.3, 0.4) is 0 Å². The number of hydrogen-bond acceptors (Lipinski definition) is 4. The van der Waals surface area contributed by atoms with Crippen molar-refractivity contribution in [3.8, 4) is 0 Å². The first-order valence-corrected chi connectivity index (χ1v) is 7.40. The van der Waals surface area contributed by atoms with Gasteiger partial charge in [0.2, 0.25) is 0 Å². The van der Waals surface area contributed by atoms with Gasteiger partial charge in [-0.25, -0.2) is 4.79 Å². The summed E-state index contributed by atoms with van der Waals surface area (Å²) in [5, 5.41) is 3.55. The van der Waals surface area contributed by atoms with Crippen LogP contribution < -0.4 is 5.32 Å². The van der Waals surface area contributed by atoms with Gasteiger partial charge in [0.25, 0.3) is 0 Å². The Balaban J connectivity index is 1.84. The molecule has 1 aliphatic heterocycles. The number of esters is 1. The number of piperidine rings is 1. The molecule has 0 aliphatic carbocycles. The van der Waals surface area contributed by atoms with Gasteiger partial charge in [0.15, 0.2) is 0 Å². The SMILES string of the molecule is CCCN1CCC(Nc2ccc(C(=O)OC)cc2)CC1. The first kappa shape index (κ1) is 14.9. The molecule has 110 valence electrons. The number of benzene rings is 1. The van der Waals surface area contributed by atoms with Crippen molar-refractivity contribution in [1.29, 1.82) is 0 Å². The lowest BCUT2D eigenvalue weighted by atomic mass is 10.0. The maximum Gasteiger partial charge on any atom is 0.337 e. The summed E-state index contributed by atoms with van der Waals surface area (Å²) in [7, 11) is 1.40. The van der Waals surface area contributed by atoms with E-state index in [2.05, 4.69) is 17.1 Å². The van der Waals surface area contributed by atoms with Crippen LogP contribution in [0.4, 0.5) is 5.69 Å². The summed E-state index contributed by atoms with van der Waals surface area (Å²) in [6.45, 7) is 5.78. The summed E-state index contributed by atoms with van der Waals surface area (Å²) in [4.78, 5) is 13.9. The maximum absolute atomic E-state index is 11.4. The molecule has 1 N–H and O–H groups in total. The highest BCUT2D eigenvalue weighted by Crippen LogP contribution is 2.17. The molecule has 1 saturated heterocycles. The summed E-state index contributed by atoms with van der Waals surface area (Å²) in [6.07, 6.45) is 3.59. The summed E-state index contributed by atoms with van der Waals surface area (Å²) >= 11 is 0. The molecule has 1 aromatic rings. The standard InChI is InChI=1S/C16H24N2O2/c1-3-10-18-11-8-15(9-12-18)17-14-6-4-13(5-7-14)16(19)20-2/h4-7,15,17H,3,8-12H2,1-2H3. The molecule has 0 amide bonds. The third-order valence-corrected chi connectivity index (χ3v) is 3.80. The molecule has 1 heterocycles. The molecule has 0 atom stereocenters. The minimum atomic E-state index is -0.288. The number of anilines is 1. The van der Waals surface area contributed by atoms with Crippen molar-refractivity contribution >= 4 is 11.7 Å². The van der Waals surface area contributed by atoms with Gasteiger partial charge in [0.1, 0.15) is 0 Å². The fraction of sp³-hybridized carbons (Fsp3) is 0.562. The van der Waals surface area contributed by atoms with Crippen molar-refractivity contribution in [2.24, 2.45) is 0 Å². The van der Waals surface area contributed by atoms with Crippen LogP contribution in [0.5, 0.6) is 0 Å². The van der Waals surface area contributed by atoms with Crippen molar-refractivity contribution in [1.82, 2.24) is 4.90 Å². The summed E-state index contributed by atoms with van der Waals surface area (Å²) in [5.41, 5.74) is 1.67. The Morgan fingerprint density at radius 3 is 2.50 bits per heavy atom. The highest BCUT2D eigenvalue weighted by Gasteiger charge is 2.18. The number of nitrogens with zero attached hydrogens (tertiary/aromatic N) is 1. The van der Waals surface area contributed by atoms with Gasteiger partial charge >= 0.3 is 5.97 Å². The first-order valence-electron chi connectivity index (χ1n) is 7.40. The van der Waals surface area contributed by atoms with Gasteiger partial charge in [-0.05, 0) is 50.1 Å². The fourth-order valence-electron chi connectivity index (χ4n) is 2.67. The van der Waals surface area contributed by atoms with E-state index in [1.165, 1.54) is 46.0 Å². The van der Waals surface area contributed by atoms with E-state index in [1.807, 2.05) is 12.1 Å². The van der Waals surface area contributed by atoms with Crippen molar-refractivity contribution in [3.05, 3.63) is 29.8 Å². The van der Waals surface area contributed by atoms with Crippen LogP contribution in [-0.2, 0) is 4.74 Å². The lowest BCUT2D eigenvalue weighted by Crippen LogP contribution is -2.39. The average molecular weight is 276 g/mol. The van der Waals surface area contributed by atoms with Gasteiger partial charge in [-0.2, -0.15) is 0 Å². The lowest BCUT2D eigenvalue weighted by molar-refractivity contribution is 0.0601. The molecule has 0 radical (unpaired) electrons. The van der Waals surface area contributed by atoms with Gasteiger partial charge in [-0.1, -0.05) is 6.92 Å². The van der Waals surface area contributed by atoms with Gasteiger partial charge < -0.3 is 15.0 Å². The number of likely N-dealkylation sites (tertiary alicyclic amines) is 1. The molecule has 0 bridgehead atoms. The van der Waals surface area contributed by atoms with E-state index >= 15 is 0 Å². The molecule has 20 heavy (non-hydrogen) atoms. The number of hydrogen-bond donors (Lipinski definition) is 1. The molecule has 4 nitrogen and oxygen atoms in total. The first-order chi connectivity index (χ1) is 9.72. The number of methoxy groups -OCH3 is 1. The number of nitrogens with one attached hydrogen (secondary N) is 1. The van der Waals surface area contributed by atoms with Gasteiger partial charge in [0, 0.05) is 24.8 Å². The minimum absolute atomic E-state index is 0.288. The molecule has 1 fully saturated rings. The summed E-state index contributed by atoms with van der Waals surface area (Å²) < 4.78 is 4.70. The van der Waals surface area contributed by atoms with E-state index in [-0.39, 0.29) is 5.97 Å². The highest BCUT2D eigenvalue weighted by molar-refractivity contribution is 5.89. The van der Waals surface area contributed by atoms with E-state index in [9.17, 15) is 4.79 Å². The largest absolute Gasteiger partial charge is 0.465 e. The van der Waals surface area contributed by atoms with E-state index in [0.29, 0.717) is 11.6 Å². The number of carbonyl (C=O) groups is 1. The third kappa shape index (κ3) is 3.97. The van der Waals surface area contributed by atoms with Crippen LogP contribution in [0.25, 0.3) is 0 Å². The van der Waals surface area contributed by atoms with E-state index in [0.717, 1.165) is 5.69 Å². The highest BCUT2D eigenvalue weighted by atomic mass is 16.5. The lowest BCUT2D eigenvalue weighted by Gasteiger charge is -2.32. The second-order valence-corrected chi connectivity index (χ2v) is 5.33. The van der Waals surface area contributed by atoms with E-state index < -0.39 is 0 Å². The number of ether oxygens (including phenoxy) is 1. The minimum Gasteiger partial charge on any atom is -0.465 e. The zero-order valence-corrected chi connectivity index (χ0v) is 12.4. The molecule has 1 aromatic carbocycles. The molecule has 2 rings (SSSR count). The second kappa shape index (κ2) is 7.29. The Morgan fingerprint density at radius 2 is 1.95 bits per heavy atom. The Morgan fingerprint density at radius 1 is 1.30 bits per heavy atom. The normalized spacial score (nSPS) is 16.9. The molecule has 0 saturated carbocycles. The van der Waals surface area contributed by atoms with Crippen LogP contribution in [0.15, 0.2) is 24.3 Å². The smallest absolute Gasteiger partial charge is 0.337 e. The van der Waals surface area contributed by atoms with Crippen LogP contribution in [0.2, 0.25) is 0 Å². The zero-order chi connectivity index (χ0) is 14.4. The van der Waals surface area contributed by atoms with Gasteiger partial charge in [-0.3, -0.25) is 0 Å². The fourth-order valence-corrected chi connectivity index (χ4v) is 2.67. The average Bonchev–Trinajstić information content (AvgIpc) is 2.49. The molecular formula is C16H24N2O2. The third-order valence-electron chi connectivity index (χ3n) is 3.80. The Bertz CT molecular complexity index is 423. The van der Waals surface area contributed by atoms with Crippen LogP contribution >= 0.6 is 0 Å². The van der Waals surface area contributed by atoms with Crippen molar-refractivity contribution in [2.45, 2.75) is 32.2 Å². The van der Waals surface area contributed by atoms with Gasteiger partial charge in [-0.15, -0.1) is 0 Å². The topological polar surface area (TPSA) is 41.6 Å². The van der Waals surface area contributed by atoms with Crippen molar-refractivity contribution in [2.75, 3.05) is 32.1 Å². The maximum atomic E-state index is 11.4. The molecular weight excluding hydrogens is 252 g/mol. The van der Waals surface area contributed by atoms with Crippen LogP contribution in [-0.4, -0.2) is 43.7 Å². The Kier molecular flexibility index (Phi) is 5.41. The zero-order valence-electron chi connectivity index (χ0n) is 12.4. The van der Waals surface area contributed by atoms with E-state index in [4.69, 9.17) is 4.74 Å². The molecule has 0 aromatic heterocycles. The van der Waals surface area contributed by atoms with Crippen molar-refractivity contribution in [3.63, 3.8) is 0 Å². The number of rotatable bonds is 5. The van der Waals surface area contributed by atoms with Crippen molar-refractivity contribution < 1.29 is 9.53 Å². The van der Waals surface area contributed by atoms with Crippen LogP contribution in [0, 0.1) is 0 Å². The predicted molar refractivity (Wildman–Crippen MR) is 81.2 cm³/mol. The second-order valence-electron chi connectivity index (χ2n) is 5.33. The molecule has 0 unspecified atom stereocenters. The molecule has 1 aliphatic rings.